The van der Waals surface area contributed by atoms with E-state index in [1.165, 1.54) is 28.8 Å². The summed E-state index contributed by atoms with van der Waals surface area (Å²) in [5.41, 5.74) is 8.59. The fourth-order valence-corrected chi connectivity index (χ4v) is 4.86. The maximum Gasteiger partial charge on any atom is 0.130 e. The molecule has 0 unspecified atom stereocenters. The standard InChI is InChI=1S/C37H32F2/c1-27(32-5-3-2-4-6-32)25-30-12-19-34(20-13-30)33-17-9-29(10-18-33)11-21-35-22-14-31(26-37(35)39)8-7-28-15-23-36(38)24-16-28/h2-6,9-24,26-27H,7-8,25H2,1H3/t27-/m0/s1. The average Bonchev–Trinajstić information content (AvgIpc) is 2.97. The van der Waals surface area contributed by atoms with Gasteiger partial charge >= 0.3 is 0 Å². The Morgan fingerprint density at radius 1 is 0.590 bits per heavy atom. The summed E-state index contributed by atoms with van der Waals surface area (Å²) in [5, 5.41) is 0. The molecule has 1 atom stereocenters. The van der Waals surface area contributed by atoms with Crippen molar-refractivity contribution in [3.8, 4) is 11.1 Å². The minimum absolute atomic E-state index is 0.235. The van der Waals surface area contributed by atoms with Gasteiger partial charge in [0.25, 0.3) is 0 Å². The zero-order valence-electron chi connectivity index (χ0n) is 22.2. The van der Waals surface area contributed by atoms with Gasteiger partial charge in [0, 0.05) is 5.56 Å². The Morgan fingerprint density at radius 3 is 1.85 bits per heavy atom. The Hall–Kier alpha value is -4.30. The normalized spacial score (nSPS) is 12.1. The summed E-state index contributed by atoms with van der Waals surface area (Å²) in [6, 6.07) is 39.6. The number of halogens is 2. The second-order valence-electron chi connectivity index (χ2n) is 10.2. The topological polar surface area (TPSA) is 0 Å². The van der Waals surface area contributed by atoms with Crippen LogP contribution in [0, 0.1) is 11.6 Å². The van der Waals surface area contributed by atoms with Gasteiger partial charge in [0.1, 0.15) is 11.6 Å². The van der Waals surface area contributed by atoms with Gasteiger partial charge in [-0.2, -0.15) is 0 Å². The number of hydrogen-bond acceptors (Lipinski definition) is 0. The van der Waals surface area contributed by atoms with Crippen LogP contribution < -0.4 is 0 Å². The van der Waals surface area contributed by atoms with Crippen LogP contribution in [0.1, 0.15) is 46.2 Å². The van der Waals surface area contributed by atoms with Crippen molar-refractivity contribution in [2.45, 2.75) is 32.1 Å². The number of benzene rings is 5. The van der Waals surface area contributed by atoms with Gasteiger partial charge in [-0.3, -0.25) is 0 Å². The molecule has 0 aliphatic carbocycles. The fraction of sp³-hybridized carbons (Fsp3) is 0.135. The molecule has 0 aromatic heterocycles. The van der Waals surface area contributed by atoms with E-state index in [0.29, 0.717) is 17.9 Å². The molecule has 0 N–H and O–H groups in total. The van der Waals surface area contributed by atoms with Crippen molar-refractivity contribution in [3.05, 3.63) is 166 Å². The average molecular weight is 515 g/mol. The maximum absolute atomic E-state index is 14.7. The van der Waals surface area contributed by atoms with Crippen LogP contribution in [0.2, 0.25) is 0 Å². The van der Waals surface area contributed by atoms with Crippen LogP contribution in [0.3, 0.4) is 0 Å². The van der Waals surface area contributed by atoms with E-state index in [9.17, 15) is 8.78 Å². The fourth-order valence-electron chi connectivity index (χ4n) is 4.86. The highest BCUT2D eigenvalue weighted by molar-refractivity contribution is 5.72. The van der Waals surface area contributed by atoms with Gasteiger partial charge < -0.3 is 0 Å². The third kappa shape index (κ3) is 7.18. The van der Waals surface area contributed by atoms with Crippen molar-refractivity contribution in [1.29, 1.82) is 0 Å². The van der Waals surface area contributed by atoms with Gasteiger partial charge in [0.05, 0.1) is 0 Å². The quantitative estimate of drug-likeness (QED) is 0.172. The predicted molar refractivity (Wildman–Crippen MR) is 160 cm³/mol. The van der Waals surface area contributed by atoms with Crippen LogP contribution in [0.15, 0.2) is 121 Å². The summed E-state index contributed by atoms with van der Waals surface area (Å²) in [5.74, 6) is 0.000749. The highest BCUT2D eigenvalue weighted by Crippen LogP contribution is 2.25. The van der Waals surface area contributed by atoms with Crippen molar-refractivity contribution in [1.82, 2.24) is 0 Å². The van der Waals surface area contributed by atoms with Crippen LogP contribution in [0.5, 0.6) is 0 Å². The van der Waals surface area contributed by atoms with Crippen LogP contribution in [-0.2, 0) is 19.3 Å². The van der Waals surface area contributed by atoms with E-state index >= 15 is 0 Å². The second-order valence-corrected chi connectivity index (χ2v) is 10.2. The third-order valence-corrected chi connectivity index (χ3v) is 7.24. The first-order valence-corrected chi connectivity index (χ1v) is 13.5. The van der Waals surface area contributed by atoms with Crippen LogP contribution in [-0.4, -0.2) is 0 Å². The molecule has 0 spiro atoms. The Bertz CT molecular complexity index is 1510. The van der Waals surface area contributed by atoms with Gasteiger partial charge in [0.2, 0.25) is 0 Å². The van der Waals surface area contributed by atoms with Gasteiger partial charge in [-0.05, 0) is 82.3 Å². The van der Waals surface area contributed by atoms with Crippen molar-refractivity contribution in [3.63, 3.8) is 0 Å². The third-order valence-electron chi connectivity index (χ3n) is 7.24. The number of rotatable bonds is 9. The first-order chi connectivity index (χ1) is 19.0. The largest absolute Gasteiger partial charge is 0.207 e. The summed E-state index contributed by atoms with van der Waals surface area (Å²) in [6.07, 6.45) is 6.23. The lowest BCUT2D eigenvalue weighted by Gasteiger charge is -2.12. The Labute approximate surface area is 230 Å². The number of hydrogen-bond donors (Lipinski definition) is 0. The first kappa shape index (κ1) is 26.3. The zero-order chi connectivity index (χ0) is 27.0. The lowest BCUT2D eigenvalue weighted by atomic mass is 9.93. The molecule has 0 nitrogen and oxygen atoms in total. The lowest BCUT2D eigenvalue weighted by Crippen LogP contribution is -1.98. The molecule has 0 heterocycles. The summed E-state index contributed by atoms with van der Waals surface area (Å²) in [6.45, 7) is 2.27. The monoisotopic (exact) mass is 514 g/mol. The molecule has 0 aliphatic rings. The molecule has 0 aliphatic heterocycles. The molecule has 2 heteroatoms. The molecule has 0 saturated heterocycles. The van der Waals surface area contributed by atoms with Gasteiger partial charge in [0.15, 0.2) is 0 Å². The highest BCUT2D eigenvalue weighted by atomic mass is 19.1. The molecule has 0 amide bonds. The SMILES string of the molecule is C[C@@H](Cc1ccc(-c2ccc(C=Cc3ccc(CCc4ccc(F)cc4)cc3F)cc2)cc1)c1ccccc1. The second kappa shape index (κ2) is 12.5. The summed E-state index contributed by atoms with van der Waals surface area (Å²) < 4.78 is 27.8. The summed E-state index contributed by atoms with van der Waals surface area (Å²) >= 11 is 0. The van der Waals surface area contributed by atoms with Gasteiger partial charge in [-0.25, -0.2) is 8.78 Å². The summed E-state index contributed by atoms with van der Waals surface area (Å²) in [7, 11) is 0. The van der Waals surface area contributed by atoms with E-state index in [0.717, 1.165) is 35.1 Å². The molecule has 0 fully saturated rings. The van der Waals surface area contributed by atoms with Crippen LogP contribution in [0.4, 0.5) is 8.78 Å². The van der Waals surface area contributed by atoms with Crippen molar-refractivity contribution >= 4 is 12.2 Å². The van der Waals surface area contributed by atoms with Crippen molar-refractivity contribution < 1.29 is 8.78 Å². The molecule has 5 rings (SSSR count). The van der Waals surface area contributed by atoms with Crippen molar-refractivity contribution in [2.24, 2.45) is 0 Å². The van der Waals surface area contributed by atoms with Crippen LogP contribution >= 0.6 is 0 Å². The summed E-state index contributed by atoms with van der Waals surface area (Å²) in [4.78, 5) is 0. The van der Waals surface area contributed by atoms with E-state index in [-0.39, 0.29) is 11.6 Å². The minimum Gasteiger partial charge on any atom is -0.207 e. The highest BCUT2D eigenvalue weighted by Gasteiger charge is 2.07. The van der Waals surface area contributed by atoms with E-state index in [4.69, 9.17) is 0 Å². The Morgan fingerprint density at radius 2 is 1.18 bits per heavy atom. The molecular weight excluding hydrogens is 482 g/mol. The Balaban J connectivity index is 1.18. The molecule has 5 aromatic rings. The molecule has 39 heavy (non-hydrogen) atoms. The molecule has 0 radical (unpaired) electrons. The Kier molecular flexibility index (Phi) is 8.43. The molecule has 194 valence electrons. The smallest absolute Gasteiger partial charge is 0.130 e. The van der Waals surface area contributed by atoms with Gasteiger partial charge in [-0.15, -0.1) is 0 Å². The van der Waals surface area contributed by atoms with E-state index in [1.807, 2.05) is 24.3 Å². The lowest BCUT2D eigenvalue weighted by molar-refractivity contribution is 0.622. The minimum atomic E-state index is -0.242. The maximum atomic E-state index is 14.7. The van der Waals surface area contributed by atoms with Crippen molar-refractivity contribution in [2.75, 3.05) is 0 Å². The zero-order valence-corrected chi connectivity index (χ0v) is 22.2. The number of aryl methyl sites for hydroxylation is 2. The first-order valence-electron chi connectivity index (χ1n) is 13.5. The van der Waals surface area contributed by atoms with Crippen LogP contribution in [0.25, 0.3) is 23.3 Å². The van der Waals surface area contributed by atoms with E-state index < -0.39 is 0 Å². The van der Waals surface area contributed by atoms with Gasteiger partial charge in [-0.1, -0.05) is 122 Å². The molecular formula is C37H32F2. The van der Waals surface area contributed by atoms with E-state index in [2.05, 4.69) is 85.8 Å². The molecule has 5 aromatic carbocycles. The molecule has 0 bridgehead atoms. The van der Waals surface area contributed by atoms with E-state index in [1.54, 1.807) is 18.2 Å². The molecule has 0 saturated carbocycles. The predicted octanol–water partition coefficient (Wildman–Crippen LogP) is 9.93.